The largest absolute Gasteiger partial charge is 0.494 e. The molecule has 2 aromatic rings. The SMILES string of the molecule is CC(C)CCCCCCOc1ccc(C(=O)c2ccccc2)cc1. The molecule has 0 aliphatic carbocycles. The molecule has 0 heterocycles. The van der Waals surface area contributed by atoms with Gasteiger partial charge in [-0.3, -0.25) is 4.79 Å². The van der Waals surface area contributed by atoms with Crippen LogP contribution >= 0.6 is 0 Å². The molecule has 0 radical (unpaired) electrons. The van der Waals surface area contributed by atoms with Gasteiger partial charge >= 0.3 is 0 Å². The van der Waals surface area contributed by atoms with Crippen LogP contribution in [0.3, 0.4) is 0 Å². The fourth-order valence-corrected chi connectivity index (χ4v) is 2.66. The van der Waals surface area contributed by atoms with Gasteiger partial charge in [0.05, 0.1) is 6.61 Å². The summed E-state index contributed by atoms with van der Waals surface area (Å²) in [5.74, 6) is 1.69. The van der Waals surface area contributed by atoms with Crippen LogP contribution in [0.25, 0.3) is 0 Å². The Morgan fingerprint density at radius 3 is 2.12 bits per heavy atom. The minimum atomic E-state index is 0.0484. The molecule has 0 aliphatic heterocycles. The Labute approximate surface area is 145 Å². The fraction of sp³-hybridized carbons (Fsp3) is 0.409. The van der Waals surface area contributed by atoms with E-state index in [-0.39, 0.29) is 5.78 Å². The lowest BCUT2D eigenvalue weighted by molar-refractivity contribution is 0.103. The Balaban J connectivity index is 1.71. The average molecular weight is 324 g/mol. The summed E-state index contributed by atoms with van der Waals surface area (Å²) in [6, 6.07) is 16.8. The molecule has 128 valence electrons. The van der Waals surface area contributed by atoms with Crippen molar-refractivity contribution in [1.82, 2.24) is 0 Å². The van der Waals surface area contributed by atoms with Crippen molar-refractivity contribution in [3.05, 3.63) is 65.7 Å². The van der Waals surface area contributed by atoms with Crippen LogP contribution in [0.4, 0.5) is 0 Å². The number of carbonyl (C=O) groups excluding carboxylic acids is 1. The summed E-state index contributed by atoms with van der Waals surface area (Å²) in [6.07, 6.45) is 6.22. The van der Waals surface area contributed by atoms with Gasteiger partial charge in [0.2, 0.25) is 0 Å². The van der Waals surface area contributed by atoms with Crippen molar-refractivity contribution in [3.8, 4) is 5.75 Å². The summed E-state index contributed by atoms with van der Waals surface area (Å²) >= 11 is 0. The number of ether oxygens (including phenoxy) is 1. The molecule has 2 heteroatoms. The van der Waals surface area contributed by atoms with Gasteiger partial charge in [0.1, 0.15) is 5.75 Å². The summed E-state index contributed by atoms with van der Waals surface area (Å²) in [6.45, 7) is 5.29. The van der Waals surface area contributed by atoms with E-state index in [2.05, 4.69) is 13.8 Å². The molecule has 0 N–H and O–H groups in total. The summed E-state index contributed by atoms with van der Waals surface area (Å²) in [4.78, 5) is 12.3. The highest BCUT2D eigenvalue weighted by Crippen LogP contribution is 2.16. The van der Waals surface area contributed by atoms with Crippen molar-refractivity contribution in [3.63, 3.8) is 0 Å². The van der Waals surface area contributed by atoms with Crippen LogP contribution in [0, 0.1) is 5.92 Å². The highest BCUT2D eigenvalue weighted by Gasteiger charge is 2.08. The highest BCUT2D eigenvalue weighted by atomic mass is 16.5. The van der Waals surface area contributed by atoms with E-state index in [1.54, 1.807) is 0 Å². The Hall–Kier alpha value is -2.09. The third-order valence-electron chi connectivity index (χ3n) is 4.10. The van der Waals surface area contributed by atoms with Crippen molar-refractivity contribution in [2.75, 3.05) is 6.61 Å². The first kappa shape index (κ1) is 18.3. The van der Waals surface area contributed by atoms with Crippen LogP contribution in [-0.4, -0.2) is 12.4 Å². The number of hydrogen-bond acceptors (Lipinski definition) is 2. The Kier molecular flexibility index (Phi) is 7.54. The van der Waals surface area contributed by atoms with E-state index in [9.17, 15) is 4.79 Å². The van der Waals surface area contributed by atoms with E-state index in [1.165, 1.54) is 25.7 Å². The molecule has 2 nitrogen and oxygen atoms in total. The number of carbonyl (C=O) groups is 1. The predicted octanol–water partition coefficient (Wildman–Crippen LogP) is 5.90. The van der Waals surface area contributed by atoms with Crippen LogP contribution < -0.4 is 4.74 Å². The highest BCUT2D eigenvalue weighted by molar-refractivity contribution is 6.08. The number of unbranched alkanes of at least 4 members (excludes halogenated alkanes) is 3. The third-order valence-corrected chi connectivity index (χ3v) is 4.10. The quantitative estimate of drug-likeness (QED) is 0.401. The topological polar surface area (TPSA) is 26.3 Å². The first-order chi connectivity index (χ1) is 11.7. The lowest BCUT2D eigenvalue weighted by Gasteiger charge is -2.08. The molecular formula is C22H28O2. The molecule has 0 fully saturated rings. The van der Waals surface area contributed by atoms with E-state index in [0.717, 1.165) is 24.7 Å². The number of ketones is 1. The van der Waals surface area contributed by atoms with Gasteiger partial charge in [-0.2, -0.15) is 0 Å². The minimum absolute atomic E-state index is 0.0484. The van der Waals surface area contributed by atoms with Gasteiger partial charge in [0.25, 0.3) is 0 Å². The summed E-state index contributed by atoms with van der Waals surface area (Å²) in [5.41, 5.74) is 1.41. The Bertz CT molecular complexity index is 600. The summed E-state index contributed by atoms with van der Waals surface area (Å²) in [5, 5.41) is 0. The smallest absolute Gasteiger partial charge is 0.193 e. The van der Waals surface area contributed by atoms with Gasteiger partial charge < -0.3 is 4.74 Å². The molecule has 2 aromatic carbocycles. The summed E-state index contributed by atoms with van der Waals surface area (Å²) < 4.78 is 5.76. The molecule has 0 bridgehead atoms. The van der Waals surface area contributed by atoms with Gasteiger partial charge in [0, 0.05) is 11.1 Å². The van der Waals surface area contributed by atoms with Crippen LogP contribution in [-0.2, 0) is 0 Å². The first-order valence-corrected chi connectivity index (χ1v) is 8.99. The van der Waals surface area contributed by atoms with Crippen molar-refractivity contribution < 1.29 is 9.53 Å². The van der Waals surface area contributed by atoms with Crippen molar-refractivity contribution in [2.24, 2.45) is 5.92 Å². The minimum Gasteiger partial charge on any atom is -0.494 e. The molecule has 24 heavy (non-hydrogen) atoms. The standard InChI is InChI=1S/C22H28O2/c1-18(2)10-6-3-4-9-17-24-21-15-13-20(14-16-21)22(23)19-11-7-5-8-12-19/h5,7-8,11-16,18H,3-4,6,9-10,17H2,1-2H3. The van der Waals surface area contributed by atoms with Crippen molar-refractivity contribution in [1.29, 1.82) is 0 Å². The summed E-state index contributed by atoms with van der Waals surface area (Å²) in [7, 11) is 0. The zero-order valence-electron chi connectivity index (χ0n) is 14.8. The van der Waals surface area contributed by atoms with Crippen molar-refractivity contribution >= 4 is 5.78 Å². The fourth-order valence-electron chi connectivity index (χ4n) is 2.66. The Morgan fingerprint density at radius 2 is 1.46 bits per heavy atom. The van der Waals surface area contributed by atoms with E-state index >= 15 is 0 Å². The van der Waals surface area contributed by atoms with E-state index in [1.807, 2.05) is 54.6 Å². The lowest BCUT2D eigenvalue weighted by atomic mass is 10.0. The maximum Gasteiger partial charge on any atom is 0.193 e. The second kappa shape index (κ2) is 9.92. The second-order valence-electron chi connectivity index (χ2n) is 6.66. The monoisotopic (exact) mass is 324 g/mol. The van der Waals surface area contributed by atoms with Gasteiger partial charge in [-0.05, 0) is 36.6 Å². The lowest BCUT2D eigenvalue weighted by Crippen LogP contribution is -2.01. The Morgan fingerprint density at radius 1 is 0.833 bits per heavy atom. The van der Waals surface area contributed by atoms with Gasteiger partial charge in [-0.1, -0.05) is 69.9 Å². The van der Waals surface area contributed by atoms with Crippen LogP contribution in [0.5, 0.6) is 5.75 Å². The van der Waals surface area contributed by atoms with E-state index < -0.39 is 0 Å². The van der Waals surface area contributed by atoms with Gasteiger partial charge in [-0.15, -0.1) is 0 Å². The van der Waals surface area contributed by atoms with Crippen LogP contribution in [0.15, 0.2) is 54.6 Å². The first-order valence-electron chi connectivity index (χ1n) is 8.99. The molecular weight excluding hydrogens is 296 g/mol. The van der Waals surface area contributed by atoms with Gasteiger partial charge in [0.15, 0.2) is 5.78 Å². The number of rotatable bonds is 10. The maximum atomic E-state index is 12.3. The third kappa shape index (κ3) is 6.19. The average Bonchev–Trinajstić information content (AvgIpc) is 2.61. The molecule has 2 rings (SSSR count). The van der Waals surface area contributed by atoms with Crippen LogP contribution in [0.1, 0.15) is 61.9 Å². The molecule has 0 spiro atoms. The van der Waals surface area contributed by atoms with Crippen LogP contribution in [0.2, 0.25) is 0 Å². The number of hydrogen-bond donors (Lipinski definition) is 0. The van der Waals surface area contributed by atoms with E-state index in [0.29, 0.717) is 11.1 Å². The maximum absolute atomic E-state index is 12.3. The molecule has 0 aliphatic rings. The zero-order chi connectivity index (χ0) is 17.2. The molecule has 0 saturated carbocycles. The zero-order valence-corrected chi connectivity index (χ0v) is 14.8. The number of benzene rings is 2. The predicted molar refractivity (Wildman–Crippen MR) is 99.7 cm³/mol. The van der Waals surface area contributed by atoms with Crippen molar-refractivity contribution in [2.45, 2.75) is 46.0 Å². The normalized spacial score (nSPS) is 10.8. The molecule has 0 saturated heterocycles. The van der Waals surface area contributed by atoms with Gasteiger partial charge in [-0.25, -0.2) is 0 Å². The second-order valence-corrected chi connectivity index (χ2v) is 6.66. The molecule has 0 unspecified atom stereocenters. The van der Waals surface area contributed by atoms with E-state index in [4.69, 9.17) is 4.74 Å². The molecule has 0 amide bonds. The molecule has 0 atom stereocenters. The molecule has 0 aromatic heterocycles.